The fourth-order valence-corrected chi connectivity index (χ4v) is 3.75. The third-order valence-corrected chi connectivity index (χ3v) is 5.45. The van der Waals surface area contributed by atoms with Crippen molar-refractivity contribution >= 4 is 17.7 Å². The second-order valence-electron chi connectivity index (χ2n) is 6.34. The van der Waals surface area contributed by atoms with Crippen LogP contribution in [0, 0.1) is 0 Å². The van der Waals surface area contributed by atoms with Crippen molar-refractivity contribution in [1.29, 1.82) is 0 Å². The maximum Gasteiger partial charge on any atom is 0.287 e. The molecule has 130 valence electrons. The highest BCUT2D eigenvalue weighted by molar-refractivity contribution is 7.98. The molecule has 2 N–H and O–H groups in total. The molecule has 3 rings (SSSR count). The minimum atomic E-state index is -0.766. The number of hydrogen-bond donors (Lipinski definition) is 2. The van der Waals surface area contributed by atoms with E-state index >= 15 is 0 Å². The number of thioether (sulfide) groups is 1. The summed E-state index contributed by atoms with van der Waals surface area (Å²) in [6, 6.07) is 3.48. The lowest BCUT2D eigenvalue weighted by molar-refractivity contribution is 0.00502. The molecule has 7 heteroatoms. The van der Waals surface area contributed by atoms with E-state index in [9.17, 15) is 9.90 Å². The first-order valence-corrected chi connectivity index (χ1v) is 9.24. The van der Waals surface area contributed by atoms with Gasteiger partial charge in [0, 0.05) is 26.0 Å². The molecule has 0 radical (unpaired) electrons. The molecular weight excluding hydrogens is 326 g/mol. The van der Waals surface area contributed by atoms with Crippen LogP contribution >= 0.6 is 11.8 Å². The van der Waals surface area contributed by atoms with Crippen LogP contribution in [0.4, 0.5) is 0 Å². The second-order valence-corrected chi connectivity index (χ2v) is 7.29. The number of carbonyl (C=O) groups is 1. The third kappa shape index (κ3) is 4.21. The summed E-state index contributed by atoms with van der Waals surface area (Å²) < 4.78 is 7.54. The Bertz CT molecular complexity index is 689. The molecule has 2 aromatic heterocycles. The number of carbonyl (C=O) groups excluding carboxylic acids is 1. The molecule has 0 aliphatic heterocycles. The van der Waals surface area contributed by atoms with Gasteiger partial charge in [-0.05, 0) is 25.0 Å². The highest BCUT2D eigenvalue weighted by Gasteiger charge is 2.29. The summed E-state index contributed by atoms with van der Waals surface area (Å²) in [6.07, 6.45) is 8.32. The molecule has 0 bridgehead atoms. The Labute approximate surface area is 145 Å². The van der Waals surface area contributed by atoms with E-state index in [0.717, 1.165) is 43.0 Å². The number of aryl methyl sites for hydroxylation is 1. The number of amides is 1. The van der Waals surface area contributed by atoms with Crippen LogP contribution in [0.15, 0.2) is 34.1 Å². The summed E-state index contributed by atoms with van der Waals surface area (Å²) in [6.45, 7) is 0.282. The molecule has 1 aliphatic rings. The first kappa shape index (κ1) is 17.1. The maximum atomic E-state index is 12.2. The Balaban J connectivity index is 1.51. The molecular formula is C17H23N3O3S. The van der Waals surface area contributed by atoms with E-state index in [1.54, 1.807) is 30.1 Å². The molecule has 0 unspecified atom stereocenters. The van der Waals surface area contributed by atoms with E-state index in [-0.39, 0.29) is 18.2 Å². The fourth-order valence-electron chi connectivity index (χ4n) is 2.92. The lowest BCUT2D eigenvalue weighted by Gasteiger charge is -2.31. The van der Waals surface area contributed by atoms with Crippen LogP contribution in [0.1, 0.15) is 48.4 Å². The van der Waals surface area contributed by atoms with E-state index in [0.29, 0.717) is 5.75 Å². The largest absolute Gasteiger partial charge is 0.455 e. The summed E-state index contributed by atoms with van der Waals surface area (Å²) in [7, 11) is 1.94. The zero-order valence-electron chi connectivity index (χ0n) is 13.8. The lowest BCUT2D eigenvalue weighted by Crippen LogP contribution is -2.44. The van der Waals surface area contributed by atoms with Crippen molar-refractivity contribution in [3.8, 4) is 0 Å². The SMILES string of the molecule is Cn1ccnc1SCc1ccc(C(=O)NCC2(O)CCCCC2)o1. The Kier molecular flexibility index (Phi) is 5.30. The standard InChI is InChI=1S/C17H23N3O3S/c1-20-10-9-18-16(20)24-11-13-5-6-14(23-13)15(21)19-12-17(22)7-3-2-4-8-17/h5-6,9-10,22H,2-4,7-8,11-12H2,1H3,(H,19,21). The topological polar surface area (TPSA) is 80.3 Å². The smallest absolute Gasteiger partial charge is 0.287 e. The van der Waals surface area contributed by atoms with Gasteiger partial charge in [-0.25, -0.2) is 4.98 Å². The zero-order valence-corrected chi connectivity index (χ0v) is 14.6. The van der Waals surface area contributed by atoms with Crippen molar-refractivity contribution < 1.29 is 14.3 Å². The van der Waals surface area contributed by atoms with Gasteiger partial charge >= 0.3 is 0 Å². The maximum absolute atomic E-state index is 12.2. The van der Waals surface area contributed by atoms with Gasteiger partial charge in [-0.15, -0.1) is 0 Å². The Morgan fingerprint density at radius 3 is 2.92 bits per heavy atom. The van der Waals surface area contributed by atoms with Gasteiger partial charge in [-0.2, -0.15) is 0 Å². The number of nitrogens with zero attached hydrogens (tertiary/aromatic N) is 2. The summed E-state index contributed by atoms with van der Waals surface area (Å²) >= 11 is 1.55. The molecule has 1 aliphatic carbocycles. The van der Waals surface area contributed by atoms with Crippen LogP contribution in [0.2, 0.25) is 0 Å². The predicted octanol–water partition coefficient (Wildman–Crippen LogP) is 2.73. The van der Waals surface area contributed by atoms with Crippen LogP contribution in [-0.4, -0.2) is 32.7 Å². The summed E-state index contributed by atoms with van der Waals surface area (Å²) in [5.74, 6) is 1.35. The molecule has 0 aromatic carbocycles. The van der Waals surface area contributed by atoms with Gasteiger partial charge in [0.1, 0.15) is 5.76 Å². The number of aliphatic hydroxyl groups is 1. The minimum Gasteiger partial charge on any atom is -0.455 e. The Morgan fingerprint density at radius 1 is 1.42 bits per heavy atom. The monoisotopic (exact) mass is 349 g/mol. The van der Waals surface area contributed by atoms with Gasteiger partial charge in [-0.3, -0.25) is 4.79 Å². The van der Waals surface area contributed by atoms with E-state index in [4.69, 9.17) is 4.42 Å². The quantitative estimate of drug-likeness (QED) is 0.784. The molecule has 24 heavy (non-hydrogen) atoms. The van der Waals surface area contributed by atoms with Crippen LogP contribution in [0.5, 0.6) is 0 Å². The van der Waals surface area contributed by atoms with Crippen LogP contribution in [-0.2, 0) is 12.8 Å². The number of imidazole rings is 1. The Morgan fingerprint density at radius 2 is 2.21 bits per heavy atom. The first-order chi connectivity index (χ1) is 11.6. The summed E-state index contributed by atoms with van der Waals surface area (Å²) in [4.78, 5) is 16.4. The van der Waals surface area contributed by atoms with E-state index in [2.05, 4.69) is 10.3 Å². The molecule has 1 fully saturated rings. The average molecular weight is 349 g/mol. The molecule has 2 heterocycles. The molecule has 2 aromatic rings. The Hall–Kier alpha value is -1.73. The fraction of sp³-hybridized carbons (Fsp3) is 0.529. The number of nitrogens with one attached hydrogen (secondary N) is 1. The summed E-state index contributed by atoms with van der Waals surface area (Å²) in [5.41, 5.74) is -0.766. The minimum absolute atomic E-state index is 0.276. The molecule has 0 spiro atoms. The first-order valence-electron chi connectivity index (χ1n) is 8.25. The highest BCUT2D eigenvalue weighted by atomic mass is 32.2. The molecule has 0 saturated heterocycles. The highest BCUT2D eigenvalue weighted by Crippen LogP contribution is 2.27. The van der Waals surface area contributed by atoms with Gasteiger partial charge in [0.15, 0.2) is 10.9 Å². The van der Waals surface area contributed by atoms with Crippen molar-refractivity contribution in [2.75, 3.05) is 6.54 Å². The molecule has 6 nitrogen and oxygen atoms in total. The molecule has 1 saturated carbocycles. The second kappa shape index (κ2) is 7.44. The van der Waals surface area contributed by atoms with Crippen molar-refractivity contribution in [3.63, 3.8) is 0 Å². The third-order valence-electron chi connectivity index (χ3n) is 4.37. The van der Waals surface area contributed by atoms with E-state index in [1.807, 2.05) is 17.8 Å². The van der Waals surface area contributed by atoms with Gasteiger partial charge < -0.3 is 19.4 Å². The van der Waals surface area contributed by atoms with Gasteiger partial charge in [0.25, 0.3) is 5.91 Å². The van der Waals surface area contributed by atoms with E-state index in [1.165, 1.54) is 0 Å². The van der Waals surface area contributed by atoms with Crippen LogP contribution < -0.4 is 5.32 Å². The number of rotatable bonds is 6. The van der Waals surface area contributed by atoms with Crippen LogP contribution in [0.25, 0.3) is 0 Å². The van der Waals surface area contributed by atoms with Crippen LogP contribution in [0.3, 0.4) is 0 Å². The zero-order chi connectivity index (χ0) is 17.0. The molecule has 0 atom stereocenters. The number of hydrogen-bond acceptors (Lipinski definition) is 5. The van der Waals surface area contributed by atoms with Crippen molar-refractivity contribution in [3.05, 3.63) is 36.0 Å². The number of aromatic nitrogens is 2. The van der Waals surface area contributed by atoms with Gasteiger partial charge in [-0.1, -0.05) is 31.0 Å². The van der Waals surface area contributed by atoms with E-state index < -0.39 is 5.60 Å². The van der Waals surface area contributed by atoms with Crippen molar-refractivity contribution in [2.45, 2.75) is 48.6 Å². The number of furan rings is 1. The van der Waals surface area contributed by atoms with Crippen molar-refractivity contribution in [1.82, 2.24) is 14.9 Å². The van der Waals surface area contributed by atoms with Gasteiger partial charge in [0.2, 0.25) is 0 Å². The average Bonchev–Trinajstić information content (AvgIpc) is 3.20. The van der Waals surface area contributed by atoms with Gasteiger partial charge in [0.05, 0.1) is 11.4 Å². The van der Waals surface area contributed by atoms with Crippen molar-refractivity contribution in [2.24, 2.45) is 7.05 Å². The predicted molar refractivity (Wildman–Crippen MR) is 91.8 cm³/mol. The molecule has 1 amide bonds. The normalized spacial score (nSPS) is 16.9. The summed E-state index contributed by atoms with van der Waals surface area (Å²) in [5, 5.41) is 14.1. The lowest BCUT2D eigenvalue weighted by atomic mass is 9.85.